The molecule has 1 aromatic heterocycles. The number of aromatic nitrogens is 2. The standard InChI is InChI=1S/C13H17N3OS/c1-9(2)16-8-10-7-11(3-4-12(10)15-16)14-13(17)5-6-18/h3-4,7-9,18H,5-6H2,1-2H3,(H,14,17). The lowest BCUT2D eigenvalue weighted by Gasteiger charge is -2.03. The largest absolute Gasteiger partial charge is 0.326 e. The van der Waals surface area contributed by atoms with E-state index in [1.54, 1.807) is 0 Å². The molecular weight excluding hydrogens is 246 g/mol. The number of hydrogen-bond acceptors (Lipinski definition) is 3. The third kappa shape index (κ3) is 2.85. The molecule has 2 aromatic rings. The number of nitrogens with zero attached hydrogens (tertiary/aromatic N) is 2. The average molecular weight is 263 g/mol. The first-order valence-corrected chi connectivity index (χ1v) is 6.63. The Morgan fingerprint density at radius 3 is 2.94 bits per heavy atom. The van der Waals surface area contributed by atoms with Gasteiger partial charge in [0, 0.05) is 29.7 Å². The number of hydrogen-bond donors (Lipinski definition) is 2. The third-order valence-corrected chi connectivity index (χ3v) is 2.90. The summed E-state index contributed by atoms with van der Waals surface area (Å²) in [7, 11) is 0. The van der Waals surface area contributed by atoms with Gasteiger partial charge in [0.15, 0.2) is 0 Å². The van der Waals surface area contributed by atoms with Crippen LogP contribution in [0.1, 0.15) is 26.3 Å². The van der Waals surface area contributed by atoms with E-state index in [1.165, 1.54) is 0 Å². The number of thiol groups is 1. The van der Waals surface area contributed by atoms with Crippen molar-refractivity contribution in [1.29, 1.82) is 0 Å². The quantitative estimate of drug-likeness (QED) is 0.833. The minimum Gasteiger partial charge on any atom is -0.326 e. The third-order valence-electron chi connectivity index (χ3n) is 2.67. The van der Waals surface area contributed by atoms with Crippen LogP contribution in [0.5, 0.6) is 0 Å². The summed E-state index contributed by atoms with van der Waals surface area (Å²) >= 11 is 4.04. The molecule has 0 bridgehead atoms. The molecule has 0 aliphatic heterocycles. The van der Waals surface area contributed by atoms with E-state index in [0.29, 0.717) is 18.2 Å². The maximum atomic E-state index is 11.5. The highest BCUT2D eigenvalue weighted by Gasteiger charge is 2.06. The van der Waals surface area contributed by atoms with Crippen LogP contribution in [0.4, 0.5) is 5.69 Å². The van der Waals surface area contributed by atoms with Crippen molar-refractivity contribution in [1.82, 2.24) is 9.78 Å². The molecule has 18 heavy (non-hydrogen) atoms. The second kappa shape index (κ2) is 5.44. The van der Waals surface area contributed by atoms with E-state index < -0.39 is 0 Å². The van der Waals surface area contributed by atoms with Gasteiger partial charge in [-0.05, 0) is 37.8 Å². The zero-order valence-electron chi connectivity index (χ0n) is 10.6. The van der Waals surface area contributed by atoms with Crippen molar-refractivity contribution in [3.8, 4) is 0 Å². The second-order valence-corrected chi connectivity index (χ2v) is 4.95. The number of rotatable bonds is 4. The van der Waals surface area contributed by atoms with Crippen molar-refractivity contribution in [3.63, 3.8) is 0 Å². The maximum absolute atomic E-state index is 11.5. The highest BCUT2D eigenvalue weighted by atomic mass is 32.1. The van der Waals surface area contributed by atoms with Crippen molar-refractivity contribution in [2.45, 2.75) is 26.3 Å². The summed E-state index contributed by atoms with van der Waals surface area (Å²) in [5, 5.41) is 8.34. The van der Waals surface area contributed by atoms with Crippen LogP contribution in [0.25, 0.3) is 10.9 Å². The molecule has 0 unspecified atom stereocenters. The molecule has 2 rings (SSSR count). The number of benzene rings is 1. The zero-order valence-corrected chi connectivity index (χ0v) is 11.4. The van der Waals surface area contributed by atoms with E-state index in [4.69, 9.17) is 0 Å². The molecule has 1 heterocycles. The fourth-order valence-electron chi connectivity index (χ4n) is 1.71. The summed E-state index contributed by atoms with van der Waals surface area (Å²) < 4.78 is 1.92. The van der Waals surface area contributed by atoms with Gasteiger partial charge in [-0.1, -0.05) is 0 Å². The van der Waals surface area contributed by atoms with Gasteiger partial charge in [0.1, 0.15) is 0 Å². The molecule has 96 valence electrons. The van der Waals surface area contributed by atoms with E-state index in [0.717, 1.165) is 16.6 Å². The van der Waals surface area contributed by atoms with Crippen LogP contribution in [0.15, 0.2) is 24.4 Å². The number of nitrogens with one attached hydrogen (secondary N) is 1. The number of carbonyl (C=O) groups excluding carboxylic acids is 1. The Bertz CT molecular complexity index is 562. The predicted molar refractivity (Wildman–Crippen MR) is 77.2 cm³/mol. The minimum atomic E-state index is -0.0133. The highest BCUT2D eigenvalue weighted by molar-refractivity contribution is 7.80. The van der Waals surface area contributed by atoms with Crippen LogP contribution in [-0.4, -0.2) is 21.4 Å². The van der Waals surface area contributed by atoms with Gasteiger partial charge in [-0.3, -0.25) is 9.48 Å². The fraction of sp³-hybridized carbons (Fsp3) is 0.385. The topological polar surface area (TPSA) is 46.9 Å². The number of amides is 1. The van der Waals surface area contributed by atoms with Gasteiger partial charge in [-0.25, -0.2) is 0 Å². The Morgan fingerprint density at radius 2 is 2.28 bits per heavy atom. The lowest BCUT2D eigenvalue weighted by atomic mass is 10.2. The molecule has 5 heteroatoms. The molecule has 0 fully saturated rings. The summed E-state index contributed by atoms with van der Waals surface area (Å²) in [5.41, 5.74) is 1.74. The van der Waals surface area contributed by atoms with E-state index in [2.05, 4.69) is 36.9 Å². The molecule has 0 saturated carbocycles. The van der Waals surface area contributed by atoms with Gasteiger partial charge >= 0.3 is 0 Å². The number of anilines is 1. The summed E-state index contributed by atoms with van der Waals surface area (Å²) in [4.78, 5) is 11.5. The first-order valence-electron chi connectivity index (χ1n) is 6.00. The fourth-order valence-corrected chi connectivity index (χ4v) is 1.92. The second-order valence-electron chi connectivity index (χ2n) is 4.50. The van der Waals surface area contributed by atoms with Crippen LogP contribution in [-0.2, 0) is 4.79 Å². The molecule has 0 saturated heterocycles. The van der Waals surface area contributed by atoms with Gasteiger partial charge in [0.2, 0.25) is 5.91 Å². The SMILES string of the molecule is CC(C)n1cc2cc(NC(=O)CCS)ccc2n1. The molecule has 0 aliphatic rings. The Kier molecular flexibility index (Phi) is 3.91. The van der Waals surface area contributed by atoms with Crippen LogP contribution in [0, 0.1) is 0 Å². The molecular formula is C13H17N3OS. The first-order chi connectivity index (χ1) is 8.60. The Labute approximate surface area is 112 Å². The average Bonchev–Trinajstić information content (AvgIpc) is 2.72. The van der Waals surface area contributed by atoms with Gasteiger partial charge in [0.25, 0.3) is 0 Å². The highest BCUT2D eigenvalue weighted by Crippen LogP contribution is 2.19. The zero-order chi connectivity index (χ0) is 13.1. The van der Waals surface area contributed by atoms with Gasteiger partial charge in [-0.15, -0.1) is 0 Å². The van der Waals surface area contributed by atoms with Gasteiger partial charge in [0.05, 0.1) is 5.52 Å². The molecule has 0 spiro atoms. The predicted octanol–water partition coefficient (Wildman–Crippen LogP) is 2.88. The molecule has 0 radical (unpaired) electrons. The summed E-state index contributed by atoms with van der Waals surface area (Å²) in [5.74, 6) is 0.542. The van der Waals surface area contributed by atoms with Crippen molar-refractivity contribution in [2.75, 3.05) is 11.1 Å². The summed E-state index contributed by atoms with van der Waals surface area (Å²) in [6.45, 7) is 4.17. The van der Waals surface area contributed by atoms with Crippen molar-refractivity contribution in [3.05, 3.63) is 24.4 Å². The minimum absolute atomic E-state index is 0.0133. The van der Waals surface area contributed by atoms with Gasteiger partial charge in [-0.2, -0.15) is 17.7 Å². The van der Waals surface area contributed by atoms with Crippen molar-refractivity contribution >= 4 is 35.1 Å². The normalized spacial score (nSPS) is 11.1. The molecule has 4 nitrogen and oxygen atoms in total. The van der Waals surface area contributed by atoms with Crippen LogP contribution in [0.3, 0.4) is 0 Å². The number of fused-ring (bicyclic) bond motifs is 1. The molecule has 0 aliphatic carbocycles. The Hall–Kier alpha value is -1.49. The molecule has 1 N–H and O–H groups in total. The van der Waals surface area contributed by atoms with E-state index in [-0.39, 0.29) is 5.91 Å². The number of carbonyl (C=O) groups is 1. The van der Waals surface area contributed by atoms with E-state index in [1.807, 2.05) is 29.1 Å². The van der Waals surface area contributed by atoms with Crippen LogP contribution >= 0.6 is 12.6 Å². The van der Waals surface area contributed by atoms with Crippen molar-refractivity contribution in [2.24, 2.45) is 0 Å². The van der Waals surface area contributed by atoms with Crippen molar-refractivity contribution < 1.29 is 4.79 Å². The Morgan fingerprint density at radius 1 is 1.50 bits per heavy atom. The first kappa shape index (κ1) is 13.0. The molecule has 0 atom stereocenters. The molecule has 1 amide bonds. The van der Waals surface area contributed by atoms with E-state index in [9.17, 15) is 4.79 Å². The maximum Gasteiger partial charge on any atom is 0.225 e. The summed E-state index contributed by atoms with van der Waals surface area (Å²) in [6, 6.07) is 6.07. The smallest absolute Gasteiger partial charge is 0.225 e. The lowest BCUT2D eigenvalue weighted by molar-refractivity contribution is -0.115. The molecule has 1 aromatic carbocycles. The lowest BCUT2D eigenvalue weighted by Crippen LogP contribution is -2.11. The monoisotopic (exact) mass is 263 g/mol. The van der Waals surface area contributed by atoms with Gasteiger partial charge < -0.3 is 5.32 Å². The van der Waals surface area contributed by atoms with Crippen LogP contribution < -0.4 is 5.32 Å². The van der Waals surface area contributed by atoms with E-state index >= 15 is 0 Å². The van der Waals surface area contributed by atoms with Crippen LogP contribution in [0.2, 0.25) is 0 Å². The summed E-state index contributed by atoms with van der Waals surface area (Å²) in [6.07, 6.45) is 2.42. The Balaban J connectivity index is 2.24.